The van der Waals surface area contributed by atoms with Crippen LogP contribution in [-0.2, 0) is 0 Å². The summed E-state index contributed by atoms with van der Waals surface area (Å²) in [6, 6.07) is 15.6. The van der Waals surface area contributed by atoms with Crippen LogP contribution in [0.1, 0.15) is 19.3 Å². The van der Waals surface area contributed by atoms with Gasteiger partial charge in [-0.05, 0) is 12.1 Å². The van der Waals surface area contributed by atoms with Crippen LogP contribution < -0.4 is 5.32 Å². The number of hydrogen-bond acceptors (Lipinski definition) is 5. The molecule has 5 rings (SSSR count). The van der Waals surface area contributed by atoms with Crippen LogP contribution in [0.2, 0.25) is 10.0 Å². The summed E-state index contributed by atoms with van der Waals surface area (Å²) in [6.07, 6.45) is 0. The minimum Gasteiger partial charge on any atom is -0.350 e. The third kappa shape index (κ3) is 4.48. The van der Waals surface area contributed by atoms with Crippen molar-refractivity contribution >= 4 is 77.9 Å². The first-order valence-corrected chi connectivity index (χ1v) is 13.1. The molecule has 1 N–H and O–H groups in total. The molecule has 4 aromatic rings. The zero-order valence-corrected chi connectivity index (χ0v) is 20.8. The van der Waals surface area contributed by atoms with Gasteiger partial charge in [-0.25, -0.2) is 0 Å². The Morgan fingerprint density at radius 1 is 0.818 bits per heavy atom. The maximum atomic E-state index is 13.0. The molecule has 3 heterocycles. The highest BCUT2D eigenvalue weighted by Gasteiger charge is 2.26. The van der Waals surface area contributed by atoms with Gasteiger partial charge in [0.15, 0.2) is 0 Å². The Bertz CT molecular complexity index is 1340. The predicted molar refractivity (Wildman–Crippen MR) is 138 cm³/mol. The lowest BCUT2D eigenvalue weighted by molar-refractivity contribution is 0.0643. The first-order chi connectivity index (χ1) is 16.0. The molecule has 0 radical (unpaired) electrons. The van der Waals surface area contributed by atoms with Crippen LogP contribution in [0.25, 0.3) is 20.2 Å². The molecule has 1 fully saturated rings. The molecule has 0 unspecified atom stereocenters. The van der Waals surface area contributed by atoms with E-state index < -0.39 is 0 Å². The zero-order valence-electron chi connectivity index (χ0n) is 17.6. The van der Waals surface area contributed by atoms with E-state index in [1.54, 1.807) is 0 Å². The summed E-state index contributed by atoms with van der Waals surface area (Å²) >= 11 is 15.8. The Morgan fingerprint density at radius 3 is 1.97 bits per heavy atom. The highest BCUT2D eigenvalue weighted by Crippen LogP contribution is 2.36. The van der Waals surface area contributed by atoms with E-state index in [1.807, 2.05) is 53.4 Å². The number of benzene rings is 2. The van der Waals surface area contributed by atoms with Gasteiger partial charge in [0.05, 0.1) is 10.0 Å². The van der Waals surface area contributed by atoms with Crippen LogP contribution in [0.4, 0.5) is 0 Å². The highest BCUT2D eigenvalue weighted by molar-refractivity contribution is 7.22. The van der Waals surface area contributed by atoms with Crippen molar-refractivity contribution in [1.29, 1.82) is 0 Å². The van der Waals surface area contributed by atoms with E-state index in [1.165, 1.54) is 22.7 Å². The van der Waals surface area contributed by atoms with Crippen molar-refractivity contribution in [2.24, 2.45) is 0 Å². The molecule has 0 spiro atoms. The lowest BCUT2D eigenvalue weighted by Gasteiger charge is -2.34. The fourth-order valence-corrected chi connectivity index (χ4v) is 6.95. The normalized spacial score (nSPS) is 14.8. The number of thiophene rings is 2. The molecule has 5 nitrogen and oxygen atoms in total. The summed E-state index contributed by atoms with van der Waals surface area (Å²) in [5.74, 6) is -0.150. The fraction of sp³-hybridized carbons (Fsp3) is 0.250. The molecule has 2 amide bonds. The van der Waals surface area contributed by atoms with Crippen molar-refractivity contribution in [3.63, 3.8) is 0 Å². The van der Waals surface area contributed by atoms with Gasteiger partial charge >= 0.3 is 0 Å². The monoisotopic (exact) mass is 517 g/mol. The van der Waals surface area contributed by atoms with E-state index in [9.17, 15) is 9.59 Å². The van der Waals surface area contributed by atoms with Crippen LogP contribution in [0.5, 0.6) is 0 Å². The van der Waals surface area contributed by atoms with Crippen molar-refractivity contribution in [2.75, 3.05) is 39.3 Å². The Morgan fingerprint density at radius 2 is 1.36 bits per heavy atom. The summed E-state index contributed by atoms with van der Waals surface area (Å²) in [4.78, 5) is 30.9. The van der Waals surface area contributed by atoms with E-state index in [-0.39, 0.29) is 11.8 Å². The second kappa shape index (κ2) is 9.60. The average molecular weight is 518 g/mol. The maximum absolute atomic E-state index is 13.0. The molecule has 170 valence electrons. The topological polar surface area (TPSA) is 52.7 Å². The van der Waals surface area contributed by atoms with Gasteiger partial charge in [-0.2, -0.15) is 0 Å². The Labute approximate surface area is 209 Å². The number of carbonyl (C=O) groups excluding carboxylic acids is 2. The molecular formula is C24H21Cl2N3O2S2. The number of halogens is 2. The van der Waals surface area contributed by atoms with E-state index >= 15 is 0 Å². The molecule has 9 heteroatoms. The lowest BCUT2D eigenvalue weighted by Crippen LogP contribution is -2.50. The number of piperazine rings is 1. The number of amides is 2. The summed E-state index contributed by atoms with van der Waals surface area (Å²) in [5.41, 5.74) is 0. The van der Waals surface area contributed by atoms with E-state index in [0.29, 0.717) is 39.4 Å². The van der Waals surface area contributed by atoms with Crippen LogP contribution in [0.3, 0.4) is 0 Å². The van der Waals surface area contributed by atoms with Gasteiger partial charge in [-0.3, -0.25) is 14.5 Å². The highest BCUT2D eigenvalue weighted by atomic mass is 35.5. The van der Waals surface area contributed by atoms with Gasteiger partial charge in [0.1, 0.15) is 9.75 Å². The Kier molecular flexibility index (Phi) is 6.58. The lowest BCUT2D eigenvalue weighted by atomic mass is 10.2. The SMILES string of the molecule is O=C(NCCN1CCN(C(=O)c2sc3ccccc3c2Cl)CC1)c1sc2ccccc2c1Cl. The zero-order chi connectivity index (χ0) is 22.9. The van der Waals surface area contributed by atoms with Crippen LogP contribution in [0.15, 0.2) is 48.5 Å². The third-order valence-electron chi connectivity index (χ3n) is 5.84. The van der Waals surface area contributed by atoms with E-state index in [4.69, 9.17) is 23.2 Å². The Balaban J connectivity index is 1.13. The second-order valence-electron chi connectivity index (χ2n) is 7.87. The number of rotatable bonds is 5. The van der Waals surface area contributed by atoms with E-state index in [0.717, 1.165) is 39.8 Å². The van der Waals surface area contributed by atoms with Crippen molar-refractivity contribution in [1.82, 2.24) is 15.1 Å². The largest absolute Gasteiger partial charge is 0.350 e. The molecular weight excluding hydrogens is 497 g/mol. The maximum Gasteiger partial charge on any atom is 0.265 e. The average Bonchev–Trinajstić information content (AvgIpc) is 3.36. The first-order valence-electron chi connectivity index (χ1n) is 10.7. The summed E-state index contributed by atoms with van der Waals surface area (Å²) < 4.78 is 2.03. The van der Waals surface area contributed by atoms with Crippen LogP contribution >= 0.6 is 45.9 Å². The minimum atomic E-state index is -0.144. The summed E-state index contributed by atoms with van der Waals surface area (Å²) in [6.45, 7) is 4.04. The van der Waals surface area contributed by atoms with Crippen molar-refractivity contribution in [3.8, 4) is 0 Å². The van der Waals surface area contributed by atoms with Gasteiger partial charge in [-0.1, -0.05) is 59.6 Å². The van der Waals surface area contributed by atoms with Crippen LogP contribution in [-0.4, -0.2) is 60.9 Å². The number of hydrogen-bond donors (Lipinski definition) is 1. The second-order valence-corrected chi connectivity index (χ2v) is 10.7. The smallest absolute Gasteiger partial charge is 0.265 e. The molecule has 0 saturated carbocycles. The van der Waals surface area contributed by atoms with Gasteiger partial charge in [0, 0.05) is 59.4 Å². The summed E-state index contributed by atoms with van der Waals surface area (Å²) in [5, 5.41) is 5.88. The molecule has 2 aromatic carbocycles. The molecule has 1 aliphatic rings. The van der Waals surface area contributed by atoms with Crippen molar-refractivity contribution < 1.29 is 9.59 Å². The molecule has 1 saturated heterocycles. The molecule has 0 bridgehead atoms. The minimum absolute atomic E-state index is 0.00597. The number of nitrogens with zero attached hydrogens (tertiary/aromatic N) is 2. The Hall–Kier alpha value is -2.16. The van der Waals surface area contributed by atoms with Gasteiger partial charge in [0.2, 0.25) is 0 Å². The molecule has 1 aliphatic heterocycles. The molecule has 0 atom stereocenters. The first kappa shape index (κ1) is 22.6. The molecule has 2 aromatic heterocycles. The van der Waals surface area contributed by atoms with Crippen molar-refractivity contribution in [2.45, 2.75) is 0 Å². The molecule has 33 heavy (non-hydrogen) atoms. The number of fused-ring (bicyclic) bond motifs is 2. The van der Waals surface area contributed by atoms with Gasteiger partial charge in [-0.15, -0.1) is 22.7 Å². The van der Waals surface area contributed by atoms with Crippen LogP contribution in [0, 0.1) is 0 Å². The van der Waals surface area contributed by atoms with E-state index in [2.05, 4.69) is 10.2 Å². The molecule has 0 aliphatic carbocycles. The predicted octanol–water partition coefficient (Wildman–Crippen LogP) is 5.61. The standard InChI is InChI=1S/C24H21Cl2N3O2S2/c25-19-15-5-1-3-7-17(15)32-21(19)23(30)27-9-10-28-11-13-29(14-12-28)24(31)22-20(26)16-6-2-4-8-18(16)33-22/h1-8H,9-14H2,(H,27,30). The summed E-state index contributed by atoms with van der Waals surface area (Å²) in [7, 11) is 0. The van der Waals surface area contributed by atoms with Gasteiger partial charge < -0.3 is 10.2 Å². The third-order valence-corrected chi connectivity index (χ3v) is 9.18. The fourth-order valence-electron chi connectivity index (χ4n) is 4.04. The number of carbonyl (C=O) groups is 2. The van der Waals surface area contributed by atoms with Crippen molar-refractivity contribution in [3.05, 3.63) is 68.3 Å². The van der Waals surface area contributed by atoms with Gasteiger partial charge in [0.25, 0.3) is 11.8 Å². The quantitative estimate of drug-likeness (QED) is 0.374. The number of nitrogens with one attached hydrogen (secondary N) is 1.